The predicted molar refractivity (Wildman–Crippen MR) is 101 cm³/mol. The Morgan fingerprint density at radius 1 is 1.31 bits per heavy atom. The minimum atomic E-state index is -4.30. The van der Waals surface area contributed by atoms with E-state index in [0.29, 0.717) is 13.1 Å². The molecule has 0 spiro atoms. The van der Waals surface area contributed by atoms with Crippen LogP contribution in [0.3, 0.4) is 0 Å². The first-order chi connectivity index (χ1) is 13.7. The number of nitrogens with one attached hydrogen (secondary N) is 1. The Balaban J connectivity index is 1.94. The molecule has 2 aromatic heterocycles. The summed E-state index contributed by atoms with van der Waals surface area (Å²) >= 11 is 0. The van der Waals surface area contributed by atoms with Crippen molar-refractivity contribution in [1.29, 1.82) is 0 Å². The number of hydrogen-bond donors (Lipinski definition) is 2. The van der Waals surface area contributed by atoms with Crippen molar-refractivity contribution >= 4 is 23.2 Å². The molecule has 3 rings (SSSR count). The van der Waals surface area contributed by atoms with Gasteiger partial charge in [0.05, 0.1) is 12.0 Å². The molecule has 0 aromatic carbocycles. The van der Waals surface area contributed by atoms with Gasteiger partial charge < -0.3 is 16.0 Å². The molecule has 6 nitrogen and oxygen atoms in total. The molecule has 0 radical (unpaired) electrons. The number of nitrogen functional groups attached to an aromatic ring is 1. The van der Waals surface area contributed by atoms with Crippen molar-refractivity contribution in [3.8, 4) is 0 Å². The molecule has 10 heteroatoms. The van der Waals surface area contributed by atoms with E-state index in [-0.39, 0.29) is 35.0 Å². The lowest BCUT2D eigenvalue weighted by molar-refractivity contribution is -0.139. The summed E-state index contributed by atoms with van der Waals surface area (Å²) in [7, 11) is 0. The lowest BCUT2D eigenvalue weighted by atomic mass is 10.0. The Labute approximate surface area is 164 Å². The topological polar surface area (TPSA) is 84.1 Å². The Bertz CT molecular complexity index is 931. The summed E-state index contributed by atoms with van der Waals surface area (Å²) in [5.74, 6) is -1.26. The Hall–Kier alpha value is -3.01. The number of aromatic nitrogens is 2. The van der Waals surface area contributed by atoms with Crippen molar-refractivity contribution < 1.29 is 22.4 Å². The molecule has 0 amide bonds. The van der Waals surface area contributed by atoms with Gasteiger partial charge >= 0.3 is 6.18 Å². The van der Waals surface area contributed by atoms with E-state index in [4.69, 9.17) is 5.73 Å². The molecule has 1 aliphatic heterocycles. The standard InChI is InChI=1S/C19H19F4N5O/c1-11(20)13-4-5-15(28-8-7-25-12(10-28)9-19(21,22)23)27-16(13)17(29)14-3-2-6-26-18(14)24/h2-6,12,25H,1,7-10H2,(H2,24,26). The minimum absolute atomic E-state index is 0.0347. The summed E-state index contributed by atoms with van der Waals surface area (Å²) in [6.45, 7) is 3.98. The number of carbonyl (C=O) groups excluding carboxylic acids is 1. The summed E-state index contributed by atoms with van der Waals surface area (Å²) in [6.07, 6.45) is -3.88. The fraction of sp³-hybridized carbons (Fsp3) is 0.316. The van der Waals surface area contributed by atoms with E-state index in [0.717, 1.165) is 0 Å². The van der Waals surface area contributed by atoms with Gasteiger partial charge in [0.15, 0.2) is 0 Å². The molecule has 3 heterocycles. The van der Waals surface area contributed by atoms with Crippen LogP contribution in [0.5, 0.6) is 0 Å². The lowest BCUT2D eigenvalue weighted by Crippen LogP contribution is -2.52. The maximum Gasteiger partial charge on any atom is 0.390 e. The van der Waals surface area contributed by atoms with Crippen molar-refractivity contribution in [3.05, 3.63) is 53.9 Å². The van der Waals surface area contributed by atoms with Gasteiger partial charge in [-0.1, -0.05) is 6.58 Å². The average molecular weight is 409 g/mol. The molecule has 1 unspecified atom stereocenters. The van der Waals surface area contributed by atoms with Crippen LogP contribution in [0, 0.1) is 0 Å². The van der Waals surface area contributed by atoms with Crippen molar-refractivity contribution in [3.63, 3.8) is 0 Å². The third kappa shape index (κ3) is 4.89. The molecule has 1 aliphatic rings. The Morgan fingerprint density at radius 3 is 2.72 bits per heavy atom. The number of nitrogens with zero attached hydrogens (tertiary/aromatic N) is 3. The van der Waals surface area contributed by atoms with Crippen LogP contribution in [-0.4, -0.2) is 47.6 Å². The molecule has 1 saturated heterocycles. The van der Waals surface area contributed by atoms with Gasteiger partial charge in [0, 0.05) is 37.4 Å². The van der Waals surface area contributed by atoms with Gasteiger partial charge in [-0.15, -0.1) is 0 Å². The quantitative estimate of drug-likeness (QED) is 0.584. The molecule has 2 aromatic rings. The molecule has 1 fully saturated rings. The highest BCUT2D eigenvalue weighted by Crippen LogP contribution is 2.27. The summed E-state index contributed by atoms with van der Waals surface area (Å²) in [5, 5.41) is 2.82. The van der Waals surface area contributed by atoms with E-state index in [2.05, 4.69) is 21.9 Å². The Kier molecular flexibility index (Phi) is 5.83. The second-order valence-corrected chi connectivity index (χ2v) is 6.65. The number of piperazine rings is 1. The molecule has 29 heavy (non-hydrogen) atoms. The smallest absolute Gasteiger partial charge is 0.383 e. The molecule has 3 N–H and O–H groups in total. The van der Waals surface area contributed by atoms with Gasteiger partial charge in [-0.3, -0.25) is 4.79 Å². The molecule has 0 aliphatic carbocycles. The second kappa shape index (κ2) is 8.16. The van der Waals surface area contributed by atoms with Crippen LogP contribution in [-0.2, 0) is 0 Å². The van der Waals surface area contributed by atoms with E-state index in [9.17, 15) is 22.4 Å². The fourth-order valence-corrected chi connectivity index (χ4v) is 3.20. The average Bonchev–Trinajstić information content (AvgIpc) is 2.66. The third-order valence-electron chi connectivity index (χ3n) is 4.53. The molecule has 1 atom stereocenters. The maximum absolute atomic E-state index is 13.9. The van der Waals surface area contributed by atoms with E-state index >= 15 is 0 Å². The molecule has 0 saturated carbocycles. The Morgan fingerprint density at radius 2 is 2.07 bits per heavy atom. The van der Waals surface area contributed by atoms with E-state index in [1.807, 2.05) is 0 Å². The van der Waals surface area contributed by atoms with E-state index in [1.54, 1.807) is 4.90 Å². The van der Waals surface area contributed by atoms with Crippen molar-refractivity contribution in [2.75, 3.05) is 30.3 Å². The van der Waals surface area contributed by atoms with Crippen LogP contribution in [0.1, 0.15) is 28.0 Å². The number of halogens is 4. The normalized spacial score (nSPS) is 17.2. The van der Waals surface area contributed by atoms with Crippen molar-refractivity contribution in [1.82, 2.24) is 15.3 Å². The van der Waals surface area contributed by atoms with E-state index in [1.165, 1.54) is 30.5 Å². The number of carbonyl (C=O) groups is 1. The highest BCUT2D eigenvalue weighted by Gasteiger charge is 2.34. The zero-order valence-corrected chi connectivity index (χ0v) is 15.3. The fourth-order valence-electron chi connectivity index (χ4n) is 3.20. The largest absolute Gasteiger partial charge is 0.390 e. The lowest BCUT2D eigenvalue weighted by Gasteiger charge is -2.35. The van der Waals surface area contributed by atoms with Crippen LogP contribution < -0.4 is 16.0 Å². The monoisotopic (exact) mass is 409 g/mol. The number of rotatable bonds is 5. The summed E-state index contributed by atoms with van der Waals surface area (Å²) in [6, 6.07) is 4.93. The summed E-state index contributed by atoms with van der Waals surface area (Å²) in [4.78, 5) is 22.6. The van der Waals surface area contributed by atoms with Gasteiger partial charge in [-0.05, 0) is 24.3 Å². The second-order valence-electron chi connectivity index (χ2n) is 6.65. The van der Waals surface area contributed by atoms with Crippen LogP contribution in [0.2, 0.25) is 0 Å². The zero-order chi connectivity index (χ0) is 21.2. The van der Waals surface area contributed by atoms with Gasteiger partial charge in [0.1, 0.15) is 23.2 Å². The molecule has 154 valence electrons. The number of ketones is 1. The molecular formula is C19H19F4N5O. The van der Waals surface area contributed by atoms with Crippen molar-refractivity contribution in [2.24, 2.45) is 0 Å². The van der Waals surface area contributed by atoms with Gasteiger partial charge in [0.25, 0.3) is 0 Å². The maximum atomic E-state index is 13.9. The number of hydrogen-bond acceptors (Lipinski definition) is 6. The number of alkyl halides is 3. The van der Waals surface area contributed by atoms with Crippen molar-refractivity contribution in [2.45, 2.75) is 18.6 Å². The van der Waals surface area contributed by atoms with Crippen LogP contribution in [0.15, 0.2) is 37.0 Å². The number of pyridine rings is 2. The van der Waals surface area contributed by atoms with E-state index < -0.39 is 30.2 Å². The summed E-state index contributed by atoms with van der Waals surface area (Å²) in [5.41, 5.74) is 5.46. The number of nitrogens with two attached hydrogens (primary N) is 1. The minimum Gasteiger partial charge on any atom is -0.383 e. The first-order valence-corrected chi connectivity index (χ1v) is 8.82. The first-order valence-electron chi connectivity index (χ1n) is 8.82. The van der Waals surface area contributed by atoms with Gasteiger partial charge in [0.2, 0.25) is 5.78 Å². The highest BCUT2D eigenvalue weighted by molar-refractivity contribution is 6.12. The number of anilines is 2. The SMILES string of the molecule is C=C(F)c1ccc(N2CCNC(CC(F)(F)F)C2)nc1C(=O)c1cccnc1N. The zero-order valence-electron chi connectivity index (χ0n) is 15.3. The molecular weight excluding hydrogens is 390 g/mol. The summed E-state index contributed by atoms with van der Waals surface area (Å²) < 4.78 is 52.1. The predicted octanol–water partition coefficient (Wildman–Crippen LogP) is 2.96. The van der Waals surface area contributed by atoms with Crippen LogP contribution >= 0.6 is 0 Å². The highest BCUT2D eigenvalue weighted by atomic mass is 19.4. The van der Waals surface area contributed by atoms with Crippen LogP contribution in [0.25, 0.3) is 5.83 Å². The first kappa shape index (κ1) is 20.7. The van der Waals surface area contributed by atoms with Crippen LogP contribution in [0.4, 0.5) is 29.2 Å². The van der Waals surface area contributed by atoms with Gasteiger partial charge in [-0.2, -0.15) is 13.2 Å². The molecule has 0 bridgehead atoms. The van der Waals surface area contributed by atoms with Gasteiger partial charge in [-0.25, -0.2) is 14.4 Å². The third-order valence-corrected chi connectivity index (χ3v) is 4.53.